The molecule has 0 aliphatic rings. The lowest BCUT2D eigenvalue weighted by atomic mass is 10.1. The van der Waals surface area contributed by atoms with Crippen molar-refractivity contribution in [2.75, 3.05) is 30.9 Å². The molecule has 194 valence electrons. The Bertz CT molecular complexity index is 1370. The normalized spacial score (nSPS) is 12.7. The maximum atomic E-state index is 12.9. The van der Waals surface area contributed by atoms with E-state index in [4.69, 9.17) is 21.2 Å². The number of phenols is 1. The van der Waals surface area contributed by atoms with Gasteiger partial charge in [0.25, 0.3) is 20.9 Å². The maximum absolute atomic E-state index is 12.9. The first-order valence-electron chi connectivity index (χ1n) is 11.2. The number of benzene rings is 2. The van der Waals surface area contributed by atoms with Crippen LogP contribution in [0.2, 0.25) is 5.02 Å². The number of nitrogens with zero attached hydrogens (tertiary/aromatic N) is 1. The largest absolute Gasteiger partial charge is 0.504 e. The highest BCUT2D eigenvalue weighted by Crippen LogP contribution is 2.40. The molecule has 0 saturated heterocycles. The van der Waals surface area contributed by atoms with Crippen molar-refractivity contribution in [2.45, 2.75) is 37.8 Å². The third kappa shape index (κ3) is 5.71. The van der Waals surface area contributed by atoms with E-state index in [-0.39, 0.29) is 41.3 Å². The molecule has 3 aromatic carbocycles. The molecule has 0 unspecified atom stereocenters. The summed E-state index contributed by atoms with van der Waals surface area (Å²) in [7, 11) is -3.14. The number of halogens is 1. The summed E-state index contributed by atoms with van der Waals surface area (Å²) in [5.41, 5.74) is -0.709. The van der Waals surface area contributed by atoms with Gasteiger partial charge in [0.15, 0.2) is 5.75 Å². The fourth-order valence-corrected chi connectivity index (χ4v) is 5.39. The van der Waals surface area contributed by atoms with Crippen molar-refractivity contribution in [3.8, 4) is 5.75 Å². The fourth-order valence-electron chi connectivity index (χ4n) is 3.53. The van der Waals surface area contributed by atoms with Gasteiger partial charge in [0, 0.05) is 12.6 Å². The molecule has 3 rings (SSSR count). The second-order valence-corrected chi connectivity index (χ2v) is 10.0. The molecule has 1 atom stereocenters. The summed E-state index contributed by atoms with van der Waals surface area (Å²) in [5, 5.41) is 16.2. The van der Waals surface area contributed by atoms with Crippen LogP contribution in [0, 0.1) is 0 Å². The monoisotopic (exact) mass is 537 g/mol. The Morgan fingerprint density at radius 1 is 1.06 bits per heavy atom. The number of aromatic hydroxyl groups is 1. The first-order valence-corrected chi connectivity index (χ1v) is 13.0. The quantitative estimate of drug-likeness (QED) is 0.170. The second-order valence-electron chi connectivity index (χ2n) is 7.86. The van der Waals surface area contributed by atoms with Gasteiger partial charge in [-0.2, -0.15) is 0 Å². The number of sulfonamides is 1. The van der Waals surface area contributed by atoms with Gasteiger partial charge in [0.1, 0.15) is 16.3 Å². The molecule has 36 heavy (non-hydrogen) atoms. The molecule has 0 fully saturated rings. The van der Waals surface area contributed by atoms with E-state index in [9.17, 15) is 23.1 Å². The molecule has 0 radical (unpaired) electrons. The molecule has 0 amide bonds. The number of nitrogens with one attached hydrogen (secondary N) is 2. The highest BCUT2D eigenvalue weighted by atomic mass is 35.5. The van der Waals surface area contributed by atoms with Crippen LogP contribution < -0.4 is 21.5 Å². The minimum atomic E-state index is -4.31. The lowest BCUT2D eigenvalue weighted by molar-refractivity contribution is -0.0443. The van der Waals surface area contributed by atoms with Gasteiger partial charge < -0.3 is 20.5 Å². The van der Waals surface area contributed by atoms with Crippen molar-refractivity contribution in [1.82, 2.24) is 4.47 Å². The van der Waals surface area contributed by atoms with Gasteiger partial charge in [-0.05, 0) is 31.0 Å². The standard InChI is InChI=1S/C24H28ClN3O7S/c1-4-16(14-35-13-15-9-7-6-8-10-15)26-19-20(23(31)22(19)30)27-18-12-11-17(25)24(21(18)29)36(32,33)28(5-2)34-3/h6-12,16,26-27,29H,4-5,13-14H2,1-3H3/t16-/m1/s1. The molecule has 0 bridgehead atoms. The summed E-state index contributed by atoms with van der Waals surface area (Å²) in [4.78, 5) is 28.9. The molecule has 12 heteroatoms. The van der Waals surface area contributed by atoms with E-state index in [0.29, 0.717) is 17.5 Å². The topological polar surface area (TPSA) is 134 Å². The third-order valence-corrected chi connectivity index (χ3v) is 7.81. The number of ether oxygens (including phenoxy) is 1. The van der Waals surface area contributed by atoms with Crippen LogP contribution in [-0.4, -0.2) is 44.3 Å². The molecule has 0 heterocycles. The average molecular weight is 538 g/mol. The molecule has 0 aliphatic heterocycles. The first kappa shape index (κ1) is 27.6. The number of hydrogen-bond acceptors (Lipinski definition) is 9. The Kier molecular flexibility index (Phi) is 9.09. The molecule has 0 aromatic heterocycles. The Labute approximate surface area is 214 Å². The van der Waals surface area contributed by atoms with Crippen LogP contribution in [-0.2, 0) is 26.2 Å². The zero-order chi connectivity index (χ0) is 26.5. The zero-order valence-electron chi connectivity index (χ0n) is 20.1. The molecule has 3 aromatic rings. The van der Waals surface area contributed by atoms with Crippen molar-refractivity contribution in [1.29, 1.82) is 0 Å². The fraction of sp³-hybridized carbons (Fsp3) is 0.333. The summed E-state index contributed by atoms with van der Waals surface area (Å²) in [6.07, 6.45) is 0.603. The second kappa shape index (κ2) is 11.8. The Hall–Kier alpha value is -2.96. The van der Waals surface area contributed by atoms with Crippen molar-refractivity contribution in [3.05, 3.63) is 73.5 Å². The van der Waals surface area contributed by atoms with E-state index in [1.807, 2.05) is 37.3 Å². The van der Waals surface area contributed by atoms with Crippen LogP contribution in [0.1, 0.15) is 25.8 Å². The van der Waals surface area contributed by atoms with E-state index in [1.54, 1.807) is 6.92 Å². The number of phenolic OH excluding ortho intramolecular Hbond substituents is 1. The van der Waals surface area contributed by atoms with Gasteiger partial charge in [-0.3, -0.25) is 14.4 Å². The molecule has 0 aliphatic carbocycles. The van der Waals surface area contributed by atoms with Crippen molar-refractivity contribution < 1.29 is 23.1 Å². The highest BCUT2D eigenvalue weighted by molar-refractivity contribution is 7.89. The Morgan fingerprint density at radius 3 is 2.33 bits per heavy atom. The Balaban J connectivity index is 1.81. The molecular weight excluding hydrogens is 510 g/mol. The maximum Gasteiger partial charge on any atom is 0.270 e. The number of hydrogen-bond donors (Lipinski definition) is 3. The lowest BCUT2D eigenvalue weighted by Crippen LogP contribution is -2.40. The number of hydroxylamine groups is 1. The molecule has 3 N–H and O–H groups in total. The summed E-state index contributed by atoms with van der Waals surface area (Å²) in [6, 6.07) is 11.9. The molecule has 0 spiro atoms. The molecule has 0 saturated carbocycles. The SMILES string of the molecule is CC[C@H](COCc1ccccc1)Nc1c(Nc2ccc(Cl)c(S(=O)(=O)N(CC)OC)c2O)c(=O)c1=O. The predicted molar refractivity (Wildman–Crippen MR) is 138 cm³/mol. The van der Waals surface area contributed by atoms with Gasteiger partial charge in [-0.25, -0.2) is 8.42 Å². The smallest absolute Gasteiger partial charge is 0.270 e. The highest BCUT2D eigenvalue weighted by Gasteiger charge is 2.32. The first-order chi connectivity index (χ1) is 17.1. The van der Waals surface area contributed by atoms with Gasteiger partial charge >= 0.3 is 0 Å². The summed E-state index contributed by atoms with van der Waals surface area (Å²) < 4.78 is 32.2. The van der Waals surface area contributed by atoms with Crippen LogP contribution in [0.5, 0.6) is 5.75 Å². The third-order valence-electron chi connectivity index (χ3n) is 5.51. The summed E-state index contributed by atoms with van der Waals surface area (Å²) >= 11 is 6.08. The van der Waals surface area contributed by atoms with E-state index in [1.165, 1.54) is 19.2 Å². The van der Waals surface area contributed by atoms with E-state index >= 15 is 0 Å². The van der Waals surface area contributed by atoms with Crippen molar-refractivity contribution in [2.24, 2.45) is 0 Å². The Morgan fingerprint density at radius 2 is 1.72 bits per heavy atom. The van der Waals surface area contributed by atoms with Crippen LogP contribution in [0.3, 0.4) is 0 Å². The van der Waals surface area contributed by atoms with Crippen LogP contribution in [0.4, 0.5) is 17.1 Å². The minimum absolute atomic E-state index is 0.0287. The van der Waals surface area contributed by atoms with E-state index < -0.39 is 31.5 Å². The summed E-state index contributed by atoms with van der Waals surface area (Å²) in [5.74, 6) is -0.713. The van der Waals surface area contributed by atoms with E-state index in [2.05, 4.69) is 10.6 Å². The van der Waals surface area contributed by atoms with Crippen LogP contribution in [0.25, 0.3) is 0 Å². The molecule has 10 nitrogen and oxygen atoms in total. The lowest BCUT2D eigenvalue weighted by Gasteiger charge is -2.23. The van der Waals surface area contributed by atoms with Crippen molar-refractivity contribution >= 4 is 38.7 Å². The van der Waals surface area contributed by atoms with Gasteiger partial charge in [0.2, 0.25) is 0 Å². The minimum Gasteiger partial charge on any atom is -0.504 e. The van der Waals surface area contributed by atoms with Crippen molar-refractivity contribution in [3.63, 3.8) is 0 Å². The zero-order valence-corrected chi connectivity index (χ0v) is 21.6. The van der Waals surface area contributed by atoms with Gasteiger partial charge in [-0.15, -0.1) is 0 Å². The van der Waals surface area contributed by atoms with E-state index in [0.717, 1.165) is 5.56 Å². The average Bonchev–Trinajstić information content (AvgIpc) is 2.86. The van der Waals surface area contributed by atoms with Crippen LogP contribution >= 0.6 is 11.6 Å². The van der Waals surface area contributed by atoms with Gasteiger partial charge in [-0.1, -0.05) is 53.3 Å². The predicted octanol–water partition coefficient (Wildman–Crippen LogP) is 3.36. The van der Waals surface area contributed by atoms with Gasteiger partial charge in [0.05, 0.1) is 31.0 Å². The summed E-state index contributed by atoms with van der Waals surface area (Å²) in [6.45, 7) is 4.08. The number of rotatable bonds is 13. The van der Waals surface area contributed by atoms with Crippen LogP contribution in [0.15, 0.2) is 56.9 Å². The number of anilines is 3. The molecular formula is C24H28ClN3O7S.